The van der Waals surface area contributed by atoms with Crippen molar-refractivity contribution in [3.63, 3.8) is 0 Å². The highest BCUT2D eigenvalue weighted by atomic mass is 79.9. The molecule has 0 aliphatic heterocycles. The highest BCUT2D eigenvalue weighted by Gasteiger charge is 2.12. The molecule has 88 valence electrons. The van der Waals surface area contributed by atoms with Crippen molar-refractivity contribution >= 4 is 27.8 Å². The average Bonchev–Trinajstić information content (AvgIpc) is 2.63. The van der Waals surface area contributed by atoms with Crippen molar-refractivity contribution in [2.24, 2.45) is 0 Å². The molecule has 2 aromatic rings. The van der Waals surface area contributed by atoms with Gasteiger partial charge in [-0.05, 0) is 47.5 Å². The molecular formula is C11H11BrN4O. The van der Waals surface area contributed by atoms with Crippen LogP contribution in [0.25, 0.3) is 0 Å². The van der Waals surface area contributed by atoms with E-state index in [1.807, 2.05) is 19.1 Å². The summed E-state index contributed by atoms with van der Waals surface area (Å²) in [6.45, 7) is 3.73. The molecule has 0 saturated heterocycles. The molecule has 0 aliphatic rings. The Balaban J connectivity index is 2.20. The van der Waals surface area contributed by atoms with Gasteiger partial charge >= 0.3 is 0 Å². The summed E-state index contributed by atoms with van der Waals surface area (Å²) in [4.78, 5) is 15.9. The summed E-state index contributed by atoms with van der Waals surface area (Å²) in [6.07, 6.45) is 0. The summed E-state index contributed by atoms with van der Waals surface area (Å²) >= 11 is 3.36. The SMILES string of the molecule is Cc1ccc(C(=O)Nc2n[nH]c(C)n2)c(Br)c1. The molecule has 1 aromatic heterocycles. The number of aromatic nitrogens is 3. The summed E-state index contributed by atoms with van der Waals surface area (Å²) < 4.78 is 0.752. The largest absolute Gasteiger partial charge is 0.289 e. The van der Waals surface area contributed by atoms with E-state index in [0.717, 1.165) is 10.0 Å². The lowest BCUT2D eigenvalue weighted by molar-refractivity contribution is 0.102. The summed E-state index contributed by atoms with van der Waals surface area (Å²) in [7, 11) is 0. The van der Waals surface area contributed by atoms with Crippen LogP contribution in [0.2, 0.25) is 0 Å². The standard InChI is InChI=1S/C11H11BrN4O/c1-6-3-4-8(9(12)5-6)10(17)14-11-13-7(2)15-16-11/h3-5H,1-2H3,(H2,13,14,15,16,17). The molecule has 2 rings (SSSR count). The van der Waals surface area contributed by atoms with Gasteiger partial charge in [-0.15, -0.1) is 5.10 Å². The minimum atomic E-state index is -0.240. The number of rotatable bonds is 2. The zero-order valence-corrected chi connectivity index (χ0v) is 11.0. The van der Waals surface area contributed by atoms with Crippen molar-refractivity contribution in [3.8, 4) is 0 Å². The molecule has 6 heteroatoms. The molecule has 1 heterocycles. The topological polar surface area (TPSA) is 70.7 Å². The number of anilines is 1. The van der Waals surface area contributed by atoms with Gasteiger partial charge in [-0.3, -0.25) is 15.2 Å². The quantitative estimate of drug-likeness (QED) is 0.894. The van der Waals surface area contributed by atoms with Crippen LogP contribution in [-0.4, -0.2) is 21.1 Å². The Morgan fingerprint density at radius 2 is 2.18 bits per heavy atom. The molecule has 1 aromatic carbocycles. The lowest BCUT2D eigenvalue weighted by atomic mass is 10.1. The third-order valence-electron chi connectivity index (χ3n) is 2.19. The number of carbonyl (C=O) groups excluding carboxylic acids is 1. The summed E-state index contributed by atoms with van der Waals surface area (Å²) in [5, 5.41) is 9.12. The van der Waals surface area contributed by atoms with Crippen LogP contribution in [-0.2, 0) is 0 Å². The second-order valence-electron chi connectivity index (χ2n) is 3.68. The van der Waals surface area contributed by atoms with Crippen molar-refractivity contribution < 1.29 is 4.79 Å². The van der Waals surface area contributed by atoms with Crippen LogP contribution in [0.1, 0.15) is 21.7 Å². The summed E-state index contributed by atoms with van der Waals surface area (Å²) in [6, 6.07) is 5.52. The number of hydrogen-bond acceptors (Lipinski definition) is 3. The molecule has 5 nitrogen and oxygen atoms in total. The van der Waals surface area contributed by atoms with Crippen LogP contribution in [0.15, 0.2) is 22.7 Å². The van der Waals surface area contributed by atoms with Crippen LogP contribution in [0.3, 0.4) is 0 Å². The number of aryl methyl sites for hydroxylation is 2. The number of hydrogen-bond donors (Lipinski definition) is 2. The Labute approximate surface area is 107 Å². The summed E-state index contributed by atoms with van der Waals surface area (Å²) in [5.74, 6) is 0.694. The van der Waals surface area contributed by atoms with Gasteiger partial charge in [0.15, 0.2) is 0 Å². The van der Waals surface area contributed by atoms with Crippen molar-refractivity contribution in [1.29, 1.82) is 0 Å². The molecule has 0 unspecified atom stereocenters. The average molecular weight is 295 g/mol. The highest BCUT2D eigenvalue weighted by molar-refractivity contribution is 9.10. The highest BCUT2D eigenvalue weighted by Crippen LogP contribution is 2.19. The van der Waals surface area contributed by atoms with Gasteiger partial charge in [-0.2, -0.15) is 4.98 Å². The third-order valence-corrected chi connectivity index (χ3v) is 2.85. The fourth-order valence-corrected chi connectivity index (χ4v) is 2.05. The smallest absolute Gasteiger partial charge is 0.259 e. The molecule has 1 amide bonds. The predicted octanol–water partition coefficient (Wildman–Crippen LogP) is 2.44. The van der Waals surface area contributed by atoms with Gasteiger partial charge in [-0.1, -0.05) is 6.07 Å². The first-order chi connectivity index (χ1) is 8.06. The number of carbonyl (C=O) groups is 1. The van der Waals surface area contributed by atoms with E-state index >= 15 is 0 Å². The fraction of sp³-hybridized carbons (Fsp3) is 0.182. The number of H-pyrrole nitrogens is 1. The number of amides is 1. The van der Waals surface area contributed by atoms with Crippen molar-refractivity contribution in [1.82, 2.24) is 15.2 Å². The second-order valence-corrected chi connectivity index (χ2v) is 4.54. The molecule has 0 bridgehead atoms. The molecular weight excluding hydrogens is 284 g/mol. The first kappa shape index (κ1) is 11.8. The third kappa shape index (κ3) is 2.71. The number of halogens is 1. The number of aromatic amines is 1. The van der Waals surface area contributed by atoms with Crippen molar-refractivity contribution in [3.05, 3.63) is 39.6 Å². The Morgan fingerprint density at radius 3 is 2.76 bits per heavy atom. The van der Waals surface area contributed by atoms with E-state index in [-0.39, 0.29) is 11.9 Å². The van der Waals surface area contributed by atoms with Gasteiger partial charge < -0.3 is 0 Å². The van der Waals surface area contributed by atoms with Gasteiger partial charge in [0.1, 0.15) is 5.82 Å². The maximum Gasteiger partial charge on any atom is 0.259 e. The van der Waals surface area contributed by atoms with Gasteiger partial charge in [-0.25, -0.2) is 0 Å². The van der Waals surface area contributed by atoms with Gasteiger partial charge in [0.2, 0.25) is 5.95 Å². The van der Waals surface area contributed by atoms with Crippen LogP contribution in [0, 0.1) is 13.8 Å². The van der Waals surface area contributed by atoms with Crippen molar-refractivity contribution in [2.75, 3.05) is 5.32 Å². The summed E-state index contributed by atoms with van der Waals surface area (Å²) in [5.41, 5.74) is 1.64. The first-order valence-electron chi connectivity index (χ1n) is 5.03. The van der Waals surface area contributed by atoms with Crippen LogP contribution >= 0.6 is 15.9 Å². The number of nitrogens with zero attached hydrogens (tertiary/aromatic N) is 2. The Hall–Kier alpha value is -1.69. The predicted molar refractivity (Wildman–Crippen MR) is 68.0 cm³/mol. The second kappa shape index (κ2) is 4.67. The molecule has 0 radical (unpaired) electrons. The minimum absolute atomic E-state index is 0.240. The van der Waals surface area contributed by atoms with E-state index in [0.29, 0.717) is 11.4 Å². The van der Waals surface area contributed by atoms with E-state index in [1.165, 1.54) is 0 Å². The maximum atomic E-state index is 11.9. The van der Waals surface area contributed by atoms with E-state index in [2.05, 4.69) is 36.4 Å². The Bertz CT molecular complexity index is 564. The molecule has 0 saturated carbocycles. The maximum absolute atomic E-state index is 11.9. The zero-order chi connectivity index (χ0) is 12.4. The van der Waals surface area contributed by atoms with Gasteiger partial charge in [0, 0.05) is 4.47 Å². The molecule has 0 spiro atoms. The normalized spacial score (nSPS) is 10.3. The van der Waals surface area contributed by atoms with Crippen molar-refractivity contribution in [2.45, 2.75) is 13.8 Å². The van der Waals surface area contributed by atoms with Gasteiger partial charge in [0.25, 0.3) is 5.91 Å². The fourth-order valence-electron chi connectivity index (χ4n) is 1.37. The Kier molecular flexibility index (Phi) is 3.23. The van der Waals surface area contributed by atoms with E-state index < -0.39 is 0 Å². The van der Waals surface area contributed by atoms with Gasteiger partial charge in [0.05, 0.1) is 5.56 Å². The lowest BCUT2D eigenvalue weighted by Crippen LogP contribution is -2.13. The molecule has 0 fully saturated rings. The Morgan fingerprint density at radius 1 is 1.41 bits per heavy atom. The molecule has 17 heavy (non-hydrogen) atoms. The zero-order valence-electron chi connectivity index (χ0n) is 9.41. The van der Waals surface area contributed by atoms with Crippen LogP contribution in [0.4, 0.5) is 5.95 Å². The van der Waals surface area contributed by atoms with E-state index in [9.17, 15) is 4.79 Å². The molecule has 0 atom stereocenters. The first-order valence-corrected chi connectivity index (χ1v) is 5.82. The number of nitrogens with one attached hydrogen (secondary N) is 2. The monoisotopic (exact) mass is 294 g/mol. The minimum Gasteiger partial charge on any atom is -0.289 e. The van der Waals surface area contributed by atoms with E-state index in [4.69, 9.17) is 0 Å². The van der Waals surface area contributed by atoms with Crippen LogP contribution in [0.5, 0.6) is 0 Å². The lowest BCUT2D eigenvalue weighted by Gasteiger charge is -2.04. The number of benzene rings is 1. The van der Waals surface area contributed by atoms with E-state index in [1.54, 1.807) is 13.0 Å². The van der Waals surface area contributed by atoms with Crippen LogP contribution < -0.4 is 5.32 Å². The molecule has 2 N–H and O–H groups in total. The molecule has 0 aliphatic carbocycles.